The Hall–Kier alpha value is -4.52. The molecule has 0 spiro atoms. The number of carboxylic acids is 1. The summed E-state index contributed by atoms with van der Waals surface area (Å²) in [5, 5.41) is 18.7. The van der Waals surface area contributed by atoms with Crippen LogP contribution in [0.1, 0.15) is 70.6 Å². The first-order valence-electron chi connectivity index (χ1n) is 17.3. The molecule has 0 bridgehead atoms. The summed E-state index contributed by atoms with van der Waals surface area (Å²) in [6, 6.07) is 7.57. The van der Waals surface area contributed by atoms with E-state index < -0.39 is 47.6 Å². The third-order valence-electron chi connectivity index (χ3n) is 10.1. The van der Waals surface area contributed by atoms with Gasteiger partial charge in [0.15, 0.2) is 0 Å². The van der Waals surface area contributed by atoms with Crippen LogP contribution in [-0.4, -0.2) is 80.2 Å². The molecule has 49 heavy (non-hydrogen) atoms. The van der Waals surface area contributed by atoms with Gasteiger partial charge in [-0.1, -0.05) is 31.1 Å². The van der Waals surface area contributed by atoms with Gasteiger partial charge in [0, 0.05) is 23.9 Å². The SMILES string of the molecule is O=C(NC1CCCCCC=C[C@@H]2C[C@@]2(C(=O)O)NC(=O)[C@@H]2C[C@@H](Oc3nc(-c4ccccn4)cc4ccsc34)CN2C1=O)OC1CCCC1. The second-order valence-corrected chi connectivity index (χ2v) is 14.4. The molecule has 3 aromatic rings. The maximum Gasteiger partial charge on any atom is 0.408 e. The Morgan fingerprint density at radius 2 is 1.88 bits per heavy atom. The fraction of sp³-hybridized carbons (Fsp3) is 0.500. The van der Waals surface area contributed by atoms with Crippen LogP contribution < -0.4 is 15.4 Å². The number of carbonyl (C=O) groups is 4. The number of hydrogen-bond acceptors (Lipinski definition) is 9. The highest BCUT2D eigenvalue weighted by molar-refractivity contribution is 7.17. The molecule has 1 unspecified atom stereocenters. The van der Waals surface area contributed by atoms with E-state index in [1.54, 1.807) is 6.20 Å². The van der Waals surface area contributed by atoms with E-state index in [2.05, 4.69) is 15.6 Å². The lowest BCUT2D eigenvalue weighted by Crippen LogP contribution is -2.56. The minimum Gasteiger partial charge on any atom is -0.479 e. The van der Waals surface area contributed by atoms with Crippen LogP contribution in [0, 0.1) is 5.92 Å². The highest BCUT2D eigenvalue weighted by Crippen LogP contribution is 2.45. The molecule has 258 valence electrons. The molecule has 4 aliphatic rings. The Morgan fingerprint density at radius 1 is 1.04 bits per heavy atom. The Bertz CT molecular complexity index is 1740. The van der Waals surface area contributed by atoms with Crippen molar-refractivity contribution in [3.8, 4) is 17.3 Å². The number of aromatic nitrogens is 2. The van der Waals surface area contributed by atoms with Gasteiger partial charge in [0.25, 0.3) is 0 Å². The maximum atomic E-state index is 14.4. The Morgan fingerprint density at radius 3 is 2.67 bits per heavy atom. The normalized spacial score (nSPS) is 27.8. The largest absolute Gasteiger partial charge is 0.479 e. The van der Waals surface area contributed by atoms with Gasteiger partial charge in [0.2, 0.25) is 17.7 Å². The fourth-order valence-electron chi connectivity index (χ4n) is 7.31. The monoisotopic (exact) mass is 687 g/mol. The van der Waals surface area contributed by atoms with E-state index in [-0.39, 0.29) is 31.4 Å². The summed E-state index contributed by atoms with van der Waals surface area (Å²) in [5.41, 5.74) is -0.116. The van der Waals surface area contributed by atoms with Gasteiger partial charge in [0.1, 0.15) is 29.8 Å². The number of alkyl carbamates (subject to hydrolysis) is 1. The molecule has 2 aliphatic heterocycles. The van der Waals surface area contributed by atoms with Gasteiger partial charge in [-0.3, -0.25) is 14.6 Å². The molecule has 0 radical (unpaired) electrons. The third kappa shape index (κ3) is 7.12. The van der Waals surface area contributed by atoms with Crippen LogP contribution in [0.25, 0.3) is 21.5 Å². The van der Waals surface area contributed by atoms with Gasteiger partial charge in [-0.2, -0.15) is 0 Å². The Labute approximate surface area is 288 Å². The van der Waals surface area contributed by atoms with Crippen molar-refractivity contribution in [2.75, 3.05) is 6.54 Å². The first-order valence-corrected chi connectivity index (χ1v) is 18.1. The minimum atomic E-state index is -1.42. The van der Waals surface area contributed by atoms with Gasteiger partial charge in [-0.05, 0) is 81.0 Å². The van der Waals surface area contributed by atoms with Crippen molar-refractivity contribution >= 4 is 45.3 Å². The van der Waals surface area contributed by atoms with E-state index in [1.165, 1.54) is 16.2 Å². The third-order valence-corrected chi connectivity index (χ3v) is 11.0. The van der Waals surface area contributed by atoms with Crippen molar-refractivity contribution in [2.24, 2.45) is 5.92 Å². The van der Waals surface area contributed by atoms with E-state index in [1.807, 2.05) is 47.9 Å². The summed E-state index contributed by atoms with van der Waals surface area (Å²) >= 11 is 1.48. The molecule has 5 heterocycles. The van der Waals surface area contributed by atoms with Gasteiger partial charge < -0.3 is 30.1 Å². The Kier molecular flexibility index (Phi) is 9.53. The van der Waals surface area contributed by atoms with Gasteiger partial charge >= 0.3 is 12.1 Å². The number of rotatable bonds is 6. The second-order valence-electron chi connectivity index (χ2n) is 13.5. The number of hydrogen-bond donors (Lipinski definition) is 3. The zero-order valence-electron chi connectivity index (χ0n) is 27.2. The lowest BCUT2D eigenvalue weighted by atomic mass is 10.0. The number of ether oxygens (including phenoxy) is 2. The van der Waals surface area contributed by atoms with E-state index in [0.29, 0.717) is 30.1 Å². The van der Waals surface area contributed by atoms with Gasteiger partial charge in [-0.15, -0.1) is 11.3 Å². The average Bonchev–Trinajstić information content (AvgIpc) is 3.54. The molecule has 3 fully saturated rings. The second kappa shape index (κ2) is 14.1. The molecule has 3 N–H and O–H groups in total. The predicted molar refractivity (Wildman–Crippen MR) is 182 cm³/mol. The maximum absolute atomic E-state index is 14.4. The number of carboxylic acid groups (broad SMARTS) is 1. The van der Waals surface area contributed by atoms with E-state index >= 15 is 0 Å². The number of carbonyl (C=O) groups excluding carboxylic acids is 3. The first kappa shape index (κ1) is 33.0. The molecule has 12 nitrogen and oxygen atoms in total. The molecule has 0 aromatic carbocycles. The molecule has 3 aromatic heterocycles. The molecule has 2 saturated carbocycles. The van der Waals surface area contributed by atoms with Crippen LogP contribution >= 0.6 is 11.3 Å². The zero-order valence-corrected chi connectivity index (χ0v) is 28.0. The quantitative estimate of drug-likeness (QED) is 0.295. The van der Waals surface area contributed by atoms with Crippen LogP contribution in [0.15, 0.2) is 54.1 Å². The molecular formula is C36H41N5O7S. The van der Waals surface area contributed by atoms with Crippen LogP contribution in [0.5, 0.6) is 5.88 Å². The summed E-state index contributed by atoms with van der Waals surface area (Å²) in [6.07, 6.45) is 11.6. The smallest absolute Gasteiger partial charge is 0.408 e. The van der Waals surface area contributed by atoms with Crippen molar-refractivity contribution in [2.45, 2.75) is 100 Å². The Balaban J connectivity index is 1.18. The number of thiophene rings is 1. The van der Waals surface area contributed by atoms with Gasteiger partial charge in [0.05, 0.1) is 22.6 Å². The van der Waals surface area contributed by atoms with Crippen LogP contribution in [0.2, 0.25) is 0 Å². The zero-order chi connectivity index (χ0) is 34.0. The highest BCUT2D eigenvalue weighted by Gasteiger charge is 2.61. The molecule has 7 rings (SSSR count). The molecule has 5 atom stereocenters. The molecular weight excluding hydrogens is 646 g/mol. The number of aliphatic carboxylic acids is 1. The number of amides is 3. The van der Waals surface area contributed by atoms with Crippen molar-refractivity contribution in [1.82, 2.24) is 25.5 Å². The van der Waals surface area contributed by atoms with Crippen molar-refractivity contribution < 1.29 is 33.8 Å². The van der Waals surface area contributed by atoms with E-state index in [4.69, 9.17) is 14.5 Å². The van der Waals surface area contributed by atoms with Crippen molar-refractivity contribution in [3.63, 3.8) is 0 Å². The first-order chi connectivity index (χ1) is 23.8. The van der Waals surface area contributed by atoms with E-state index in [0.717, 1.165) is 55.0 Å². The molecule has 13 heteroatoms. The molecule has 3 amide bonds. The number of nitrogens with one attached hydrogen (secondary N) is 2. The molecule has 1 saturated heterocycles. The topological polar surface area (TPSA) is 160 Å². The number of fused-ring (bicyclic) bond motifs is 3. The van der Waals surface area contributed by atoms with E-state index in [9.17, 15) is 24.3 Å². The van der Waals surface area contributed by atoms with Crippen LogP contribution in [-0.2, 0) is 19.1 Å². The van der Waals surface area contributed by atoms with Gasteiger partial charge in [-0.25, -0.2) is 14.6 Å². The summed E-state index contributed by atoms with van der Waals surface area (Å²) in [4.78, 5) is 64.5. The molecule has 2 aliphatic carbocycles. The van der Waals surface area contributed by atoms with Crippen molar-refractivity contribution in [1.29, 1.82) is 0 Å². The van der Waals surface area contributed by atoms with Crippen LogP contribution in [0.3, 0.4) is 0 Å². The fourth-order valence-corrected chi connectivity index (χ4v) is 8.12. The average molecular weight is 688 g/mol. The number of nitrogens with zero attached hydrogens (tertiary/aromatic N) is 3. The predicted octanol–water partition coefficient (Wildman–Crippen LogP) is 5.22. The number of allylic oxidation sites excluding steroid dienone is 1. The highest BCUT2D eigenvalue weighted by atomic mass is 32.1. The summed E-state index contributed by atoms with van der Waals surface area (Å²) in [7, 11) is 0. The lowest BCUT2D eigenvalue weighted by Gasteiger charge is -2.29. The standard InChI is InChI=1S/C36H41N5O7S/c42-31-29-19-25(47-32-30-22(15-17-49-30)18-28(38-32)26-13-8-9-16-37-26)21-41(29)33(43)27(39-35(46)48-24-11-6-7-12-24)14-5-3-1-2-4-10-23-20-36(23,40-31)34(44)45/h4,8-10,13,15-18,23-25,27,29H,1-3,5-7,11-12,14,19-21H2,(H,39,46)(H,40,42)(H,44,45)/t23-,25-,27?,29+,36-/m1/s1. The lowest BCUT2D eigenvalue weighted by molar-refractivity contribution is -0.145. The van der Waals surface area contributed by atoms with Crippen molar-refractivity contribution in [3.05, 3.63) is 54.1 Å². The summed E-state index contributed by atoms with van der Waals surface area (Å²) in [6.45, 7) is 0.0541. The number of pyridine rings is 2. The summed E-state index contributed by atoms with van der Waals surface area (Å²) in [5.74, 6) is -2.04. The van der Waals surface area contributed by atoms with Crippen LogP contribution in [0.4, 0.5) is 4.79 Å². The summed E-state index contributed by atoms with van der Waals surface area (Å²) < 4.78 is 13.0. The minimum absolute atomic E-state index is 0.0541.